The molecule has 0 bridgehead atoms. The van der Waals surface area contributed by atoms with Gasteiger partial charge in [0.05, 0.1) is 11.7 Å². The lowest BCUT2D eigenvalue weighted by Gasteiger charge is -2.45. The fourth-order valence-electron chi connectivity index (χ4n) is 2.75. The summed E-state index contributed by atoms with van der Waals surface area (Å²) in [7, 11) is -3.10. The van der Waals surface area contributed by atoms with Crippen LogP contribution in [0.2, 0.25) is 39.3 Å². The van der Waals surface area contributed by atoms with Crippen LogP contribution < -0.4 is 0 Å². The zero-order valence-corrected chi connectivity index (χ0v) is 15.9. The molecule has 19 heavy (non-hydrogen) atoms. The molecule has 1 aliphatic carbocycles. The molecule has 0 heterocycles. The van der Waals surface area contributed by atoms with Crippen molar-refractivity contribution in [1.29, 1.82) is 0 Å². The van der Waals surface area contributed by atoms with Crippen LogP contribution in [-0.4, -0.2) is 28.3 Å². The summed E-state index contributed by atoms with van der Waals surface area (Å²) in [5.74, 6) is 0. The maximum absolute atomic E-state index is 6.56. The molecular formula is C15H32O2Si2. The van der Waals surface area contributed by atoms with E-state index in [0.717, 1.165) is 25.7 Å². The van der Waals surface area contributed by atoms with Gasteiger partial charge in [0.25, 0.3) is 0 Å². The Morgan fingerprint density at radius 1 is 0.947 bits per heavy atom. The minimum atomic E-state index is -1.56. The highest BCUT2D eigenvalue weighted by molar-refractivity contribution is 6.70. The van der Waals surface area contributed by atoms with E-state index < -0.39 is 16.6 Å². The normalized spacial score (nSPS) is 31.6. The van der Waals surface area contributed by atoms with E-state index in [-0.39, 0.29) is 11.7 Å². The summed E-state index contributed by atoms with van der Waals surface area (Å²) in [6, 6.07) is 0. The lowest BCUT2D eigenvalue weighted by Crippen LogP contribution is -2.52. The van der Waals surface area contributed by atoms with Crippen LogP contribution in [0.25, 0.3) is 0 Å². The van der Waals surface area contributed by atoms with Gasteiger partial charge in [-0.05, 0) is 71.9 Å². The van der Waals surface area contributed by atoms with Gasteiger partial charge >= 0.3 is 0 Å². The van der Waals surface area contributed by atoms with Crippen LogP contribution in [0.15, 0.2) is 12.2 Å². The maximum atomic E-state index is 6.56. The van der Waals surface area contributed by atoms with E-state index in [0.29, 0.717) is 0 Å². The van der Waals surface area contributed by atoms with E-state index in [9.17, 15) is 0 Å². The number of hydrogen-bond acceptors (Lipinski definition) is 2. The van der Waals surface area contributed by atoms with E-state index in [1.165, 1.54) is 0 Å². The molecular weight excluding hydrogens is 268 g/mol. The molecule has 2 unspecified atom stereocenters. The van der Waals surface area contributed by atoms with Crippen molar-refractivity contribution in [3.63, 3.8) is 0 Å². The molecule has 0 N–H and O–H groups in total. The highest BCUT2D eigenvalue weighted by Gasteiger charge is 2.41. The first-order valence-electron chi connectivity index (χ1n) is 7.55. The molecule has 0 aromatic heterocycles. The summed E-state index contributed by atoms with van der Waals surface area (Å²) >= 11 is 0. The molecule has 1 aliphatic rings. The zero-order chi connectivity index (χ0) is 14.7. The third-order valence-electron chi connectivity index (χ3n) is 3.29. The van der Waals surface area contributed by atoms with Crippen molar-refractivity contribution in [3.05, 3.63) is 12.2 Å². The topological polar surface area (TPSA) is 18.5 Å². The van der Waals surface area contributed by atoms with Crippen LogP contribution in [-0.2, 0) is 8.85 Å². The van der Waals surface area contributed by atoms with Crippen molar-refractivity contribution < 1.29 is 8.85 Å². The van der Waals surface area contributed by atoms with Crippen molar-refractivity contribution in [2.45, 2.75) is 83.6 Å². The Kier molecular flexibility index (Phi) is 5.64. The fourth-order valence-corrected chi connectivity index (χ4v) is 5.60. The average molecular weight is 301 g/mol. The smallest absolute Gasteiger partial charge is 0.184 e. The summed E-state index contributed by atoms with van der Waals surface area (Å²) in [5.41, 5.74) is -0.116. The Labute approximate surface area is 121 Å². The van der Waals surface area contributed by atoms with Gasteiger partial charge in [0.2, 0.25) is 0 Å². The summed E-state index contributed by atoms with van der Waals surface area (Å²) in [6.07, 6.45) is 9.22. The van der Waals surface area contributed by atoms with Crippen molar-refractivity contribution in [2.75, 3.05) is 0 Å². The van der Waals surface area contributed by atoms with Crippen LogP contribution in [0.1, 0.15) is 32.6 Å². The highest BCUT2D eigenvalue weighted by Crippen LogP contribution is 2.34. The Balaban J connectivity index is 2.93. The molecule has 1 rings (SSSR count). The van der Waals surface area contributed by atoms with Gasteiger partial charge in [-0.2, -0.15) is 0 Å². The van der Waals surface area contributed by atoms with Gasteiger partial charge in [-0.3, -0.25) is 0 Å². The van der Waals surface area contributed by atoms with Crippen LogP contribution in [0.3, 0.4) is 0 Å². The van der Waals surface area contributed by atoms with Crippen LogP contribution >= 0.6 is 0 Å². The molecule has 2 nitrogen and oxygen atoms in total. The van der Waals surface area contributed by atoms with E-state index in [2.05, 4.69) is 58.4 Å². The molecule has 0 amide bonds. The molecule has 0 aromatic carbocycles. The predicted octanol–water partition coefficient (Wildman–Crippen LogP) is 4.95. The second kappa shape index (κ2) is 6.25. The van der Waals surface area contributed by atoms with Crippen molar-refractivity contribution in [2.24, 2.45) is 0 Å². The molecule has 4 heteroatoms. The van der Waals surface area contributed by atoms with Gasteiger partial charge in [0, 0.05) is 0 Å². The Bertz CT molecular complexity index is 315. The summed E-state index contributed by atoms with van der Waals surface area (Å²) < 4.78 is 13.0. The monoisotopic (exact) mass is 300 g/mol. The summed E-state index contributed by atoms with van der Waals surface area (Å²) in [4.78, 5) is 0. The van der Waals surface area contributed by atoms with Gasteiger partial charge in [0.1, 0.15) is 0 Å². The Hall–Kier alpha value is 0.0938. The molecule has 0 saturated heterocycles. The van der Waals surface area contributed by atoms with Gasteiger partial charge in [-0.1, -0.05) is 12.2 Å². The first-order chi connectivity index (χ1) is 8.52. The van der Waals surface area contributed by atoms with Gasteiger partial charge in [0.15, 0.2) is 16.6 Å². The second-order valence-corrected chi connectivity index (χ2v) is 16.7. The minimum Gasteiger partial charge on any atom is -0.412 e. The molecule has 0 aromatic rings. The van der Waals surface area contributed by atoms with Crippen LogP contribution in [0.5, 0.6) is 0 Å². The molecule has 0 spiro atoms. The molecule has 0 fully saturated rings. The zero-order valence-electron chi connectivity index (χ0n) is 13.9. The third kappa shape index (κ3) is 6.38. The largest absolute Gasteiger partial charge is 0.412 e. The van der Waals surface area contributed by atoms with Gasteiger partial charge in [-0.15, -0.1) is 0 Å². The molecule has 0 saturated carbocycles. The lowest BCUT2D eigenvalue weighted by atomic mass is 9.88. The number of rotatable bonds is 4. The van der Waals surface area contributed by atoms with Gasteiger partial charge in [-0.25, -0.2) is 0 Å². The first-order valence-corrected chi connectivity index (χ1v) is 14.4. The summed E-state index contributed by atoms with van der Waals surface area (Å²) in [6.45, 7) is 15.9. The number of hydrogen-bond donors (Lipinski definition) is 0. The van der Waals surface area contributed by atoms with E-state index in [1.807, 2.05) is 0 Å². The standard InChI is InChI=1S/C15H32O2Si2/c1-15(17-19(5,6)7)13-11-9-8-10-12-14(15)16-18(2,3)4/h8-9,14H,10-13H2,1-7H3/b9-8-. The van der Waals surface area contributed by atoms with Crippen molar-refractivity contribution in [1.82, 2.24) is 0 Å². The second-order valence-electron chi connectivity index (χ2n) is 7.83. The first kappa shape index (κ1) is 17.1. The van der Waals surface area contributed by atoms with Crippen molar-refractivity contribution in [3.8, 4) is 0 Å². The minimum absolute atomic E-state index is 0.116. The van der Waals surface area contributed by atoms with E-state index in [1.54, 1.807) is 0 Å². The summed E-state index contributed by atoms with van der Waals surface area (Å²) in [5, 5.41) is 0. The fraction of sp³-hybridized carbons (Fsp3) is 0.867. The van der Waals surface area contributed by atoms with E-state index in [4.69, 9.17) is 8.85 Å². The third-order valence-corrected chi connectivity index (χ3v) is 5.36. The predicted molar refractivity (Wildman–Crippen MR) is 88.7 cm³/mol. The Morgan fingerprint density at radius 3 is 2.05 bits per heavy atom. The number of allylic oxidation sites excluding steroid dienone is 2. The van der Waals surface area contributed by atoms with Crippen molar-refractivity contribution >= 4 is 16.6 Å². The highest BCUT2D eigenvalue weighted by atomic mass is 28.4. The SMILES string of the molecule is CC1(O[Si](C)(C)C)CC/C=C\CCC1O[Si](C)(C)C. The molecule has 0 aliphatic heterocycles. The molecule has 0 radical (unpaired) electrons. The molecule has 112 valence electrons. The van der Waals surface area contributed by atoms with Crippen LogP contribution in [0, 0.1) is 0 Å². The van der Waals surface area contributed by atoms with Gasteiger partial charge < -0.3 is 8.85 Å². The van der Waals surface area contributed by atoms with Crippen LogP contribution in [0.4, 0.5) is 0 Å². The lowest BCUT2D eigenvalue weighted by molar-refractivity contribution is -0.0466. The molecule has 2 atom stereocenters. The Morgan fingerprint density at radius 2 is 1.53 bits per heavy atom. The quantitative estimate of drug-likeness (QED) is 0.540. The maximum Gasteiger partial charge on any atom is 0.184 e. The van der Waals surface area contributed by atoms with E-state index >= 15 is 0 Å². The average Bonchev–Trinajstić information content (AvgIpc) is 2.14.